The standard InChI is InChI=1S/C19H22ClNO2/c1-4-21(5-2)19(22)15-8-11-18(16(12-15)13-23-3)14-6-9-17(20)10-7-14/h6-12H,4-5,13H2,1-3H3. The van der Waals surface area contributed by atoms with Crippen molar-refractivity contribution in [2.24, 2.45) is 0 Å². The number of halogens is 1. The smallest absolute Gasteiger partial charge is 0.253 e. The number of methoxy groups -OCH3 is 1. The molecule has 0 heterocycles. The number of rotatable bonds is 6. The summed E-state index contributed by atoms with van der Waals surface area (Å²) in [4.78, 5) is 14.3. The fourth-order valence-electron chi connectivity index (χ4n) is 2.61. The predicted octanol–water partition coefficient (Wildman–Crippen LogP) is 4.64. The van der Waals surface area contributed by atoms with Gasteiger partial charge in [-0.25, -0.2) is 0 Å². The molecule has 0 fully saturated rings. The SMILES string of the molecule is CCN(CC)C(=O)c1ccc(-c2ccc(Cl)cc2)c(COC)c1. The van der Waals surface area contributed by atoms with Gasteiger partial charge in [0.1, 0.15) is 0 Å². The molecule has 0 atom stereocenters. The molecule has 0 unspecified atom stereocenters. The Morgan fingerprint density at radius 3 is 2.30 bits per heavy atom. The fourth-order valence-corrected chi connectivity index (χ4v) is 2.73. The normalized spacial score (nSPS) is 10.6. The van der Waals surface area contributed by atoms with Gasteiger partial charge in [0, 0.05) is 30.8 Å². The van der Waals surface area contributed by atoms with Gasteiger partial charge in [0.15, 0.2) is 0 Å². The van der Waals surface area contributed by atoms with Crippen molar-refractivity contribution in [3.8, 4) is 11.1 Å². The number of hydrogen-bond donors (Lipinski definition) is 0. The molecule has 0 N–H and O–H groups in total. The maximum atomic E-state index is 12.5. The lowest BCUT2D eigenvalue weighted by Crippen LogP contribution is -2.30. The Morgan fingerprint density at radius 1 is 1.09 bits per heavy atom. The van der Waals surface area contributed by atoms with Crippen molar-refractivity contribution in [3.05, 3.63) is 58.6 Å². The maximum absolute atomic E-state index is 12.5. The Kier molecular flexibility index (Phi) is 6.20. The van der Waals surface area contributed by atoms with Crippen LogP contribution in [0.3, 0.4) is 0 Å². The Labute approximate surface area is 142 Å². The van der Waals surface area contributed by atoms with Crippen LogP contribution in [-0.2, 0) is 11.3 Å². The molecular formula is C19H22ClNO2. The first kappa shape index (κ1) is 17.5. The van der Waals surface area contributed by atoms with Gasteiger partial charge in [0.2, 0.25) is 0 Å². The first-order valence-corrected chi connectivity index (χ1v) is 8.15. The number of ether oxygens (including phenoxy) is 1. The van der Waals surface area contributed by atoms with Crippen LogP contribution in [0.4, 0.5) is 0 Å². The number of carbonyl (C=O) groups excluding carboxylic acids is 1. The van der Waals surface area contributed by atoms with E-state index in [1.807, 2.05) is 61.2 Å². The van der Waals surface area contributed by atoms with E-state index in [0.29, 0.717) is 30.3 Å². The van der Waals surface area contributed by atoms with Crippen LogP contribution in [0.2, 0.25) is 5.02 Å². The number of carbonyl (C=O) groups is 1. The van der Waals surface area contributed by atoms with E-state index in [0.717, 1.165) is 16.7 Å². The number of hydrogen-bond acceptors (Lipinski definition) is 2. The minimum Gasteiger partial charge on any atom is -0.380 e. The van der Waals surface area contributed by atoms with Crippen molar-refractivity contribution in [2.75, 3.05) is 20.2 Å². The van der Waals surface area contributed by atoms with Crippen LogP contribution in [0.25, 0.3) is 11.1 Å². The lowest BCUT2D eigenvalue weighted by Gasteiger charge is -2.20. The highest BCUT2D eigenvalue weighted by molar-refractivity contribution is 6.30. The van der Waals surface area contributed by atoms with Crippen molar-refractivity contribution in [3.63, 3.8) is 0 Å². The van der Waals surface area contributed by atoms with Crippen molar-refractivity contribution >= 4 is 17.5 Å². The Hall–Kier alpha value is -1.84. The third kappa shape index (κ3) is 4.12. The molecule has 2 rings (SSSR count). The van der Waals surface area contributed by atoms with E-state index in [4.69, 9.17) is 16.3 Å². The summed E-state index contributed by atoms with van der Waals surface area (Å²) in [6.07, 6.45) is 0. The largest absolute Gasteiger partial charge is 0.380 e. The van der Waals surface area contributed by atoms with Crippen LogP contribution in [0, 0.1) is 0 Å². The molecule has 0 aliphatic rings. The summed E-state index contributed by atoms with van der Waals surface area (Å²) in [5.41, 5.74) is 3.80. The molecule has 122 valence electrons. The van der Waals surface area contributed by atoms with Gasteiger partial charge in [-0.2, -0.15) is 0 Å². The average molecular weight is 332 g/mol. The van der Waals surface area contributed by atoms with Crippen LogP contribution >= 0.6 is 11.6 Å². The average Bonchev–Trinajstić information content (AvgIpc) is 2.57. The molecule has 3 nitrogen and oxygen atoms in total. The monoisotopic (exact) mass is 331 g/mol. The molecule has 4 heteroatoms. The number of nitrogens with zero attached hydrogens (tertiary/aromatic N) is 1. The molecule has 0 spiro atoms. The van der Waals surface area contributed by atoms with E-state index < -0.39 is 0 Å². The highest BCUT2D eigenvalue weighted by atomic mass is 35.5. The van der Waals surface area contributed by atoms with E-state index >= 15 is 0 Å². The van der Waals surface area contributed by atoms with Crippen LogP contribution in [-0.4, -0.2) is 31.0 Å². The molecular weight excluding hydrogens is 310 g/mol. The molecule has 1 amide bonds. The summed E-state index contributed by atoms with van der Waals surface area (Å²) in [5.74, 6) is 0.0509. The molecule has 2 aromatic rings. The van der Waals surface area contributed by atoms with Gasteiger partial charge in [-0.3, -0.25) is 4.79 Å². The molecule has 0 bridgehead atoms. The van der Waals surface area contributed by atoms with Crippen molar-refractivity contribution < 1.29 is 9.53 Å². The molecule has 0 saturated carbocycles. The van der Waals surface area contributed by atoms with Crippen molar-refractivity contribution in [1.29, 1.82) is 0 Å². The second kappa shape index (κ2) is 8.14. The molecule has 0 radical (unpaired) electrons. The summed E-state index contributed by atoms with van der Waals surface area (Å²) < 4.78 is 5.31. The maximum Gasteiger partial charge on any atom is 0.253 e. The lowest BCUT2D eigenvalue weighted by atomic mass is 9.97. The fraction of sp³-hybridized carbons (Fsp3) is 0.316. The first-order valence-electron chi connectivity index (χ1n) is 7.77. The first-order chi connectivity index (χ1) is 11.1. The van der Waals surface area contributed by atoms with Gasteiger partial charge in [0.25, 0.3) is 5.91 Å². The van der Waals surface area contributed by atoms with Gasteiger partial charge in [-0.05, 0) is 54.8 Å². The summed E-state index contributed by atoms with van der Waals surface area (Å²) in [6.45, 7) is 5.83. The highest BCUT2D eigenvalue weighted by Gasteiger charge is 2.15. The van der Waals surface area contributed by atoms with E-state index in [9.17, 15) is 4.79 Å². The van der Waals surface area contributed by atoms with E-state index in [1.54, 1.807) is 7.11 Å². The molecule has 23 heavy (non-hydrogen) atoms. The quantitative estimate of drug-likeness (QED) is 0.772. The minimum absolute atomic E-state index is 0.0509. The van der Waals surface area contributed by atoms with Gasteiger partial charge in [-0.15, -0.1) is 0 Å². The van der Waals surface area contributed by atoms with Crippen molar-refractivity contribution in [2.45, 2.75) is 20.5 Å². The van der Waals surface area contributed by atoms with Crippen LogP contribution in [0.1, 0.15) is 29.8 Å². The predicted molar refractivity (Wildman–Crippen MR) is 94.9 cm³/mol. The number of amides is 1. The summed E-state index contributed by atoms with van der Waals surface area (Å²) in [7, 11) is 1.66. The zero-order chi connectivity index (χ0) is 16.8. The van der Waals surface area contributed by atoms with E-state index in [2.05, 4.69) is 0 Å². The van der Waals surface area contributed by atoms with Crippen LogP contribution in [0.15, 0.2) is 42.5 Å². The summed E-state index contributed by atoms with van der Waals surface area (Å²) in [5, 5.41) is 0.704. The Balaban J connectivity index is 2.42. The van der Waals surface area contributed by atoms with Gasteiger partial charge < -0.3 is 9.64 Å². The minimum atomic E-state index is 0.0509. The lowest BCUT2D eigenvalue weighted by molar-refractivity contribution is 0.0772. The second-order valence-electron chi connectivity index (χ2n) is 5.29. The van der Waals surface area contributed by atoms with Crippen molar-refractivity contribution in [1.82, 2.24) is 4.90 Å². The zero-order valence-electron chi connectivity index (χ0n) is 13.8. The third-order valence-electron chi connectivity index (χ3n) is 3.86. The molecule has 0 aliphatic heterocycles. The van der Waals surface area contributed by atoms with Crippen LogP contribution < -0.4 is 0 Å². The zero-order valence-corrected chi connectivity index (χ0v) is 14.6. The second-order valence-corrected chi connectivity index (χ2v) is 5.73. The Morgan fingerprint density at radius 2 is 1.74 bits per heavy atom. The van der Waals surface area contributed by atoms with Gasteiger partial charge >= 0.3 is 0 Å². The highest BCUT2D eigenvalue weighted by Crippen LogP contribution is 2.27. The molecule has 0 saturated heterocycles. The van der Waals surface area contributed by atoms with Crippen LogP contribution in [0.5, 0.6) is 0 Å². The summed E-state index contributed by atoms with van der Waals surface area (Å²) >= 11 is 5.96. The Bertz CT molecular complexity index is 664. The molecule has 2 aromatic carbocycles. The topological polar surface area (TPSA) is 29.5 Å². The molecule has 0 aliphatic carbocycles. The van der Waals surface area contributed by atoms with E-state index in [-0.39, 0.29) is 5.91 Å². The molecule has 0 aromatic heterocycles. The van der Waals surface area contributed by atoms with Gasteiger partial charge in [-0.1, -0.05) is 29.8 Å². The van der Waals surface area contributed by atoms with E-state index in [1.165, 1.54) is 0 Å². The number of benzene rings is 2. The summed E-state index contributed by atoms with van der Waals surface area (Å²) in [6, 6.07) is 13.5. The van der Waals surface area contributed by atoms with Gasteiger partial charge in [0.05, 0.1) is 6.61 Å². The third-order valence-corrected chi connectivity index (χ3v) is 4.11.